The van der Waals surface area contributed by atoms with Crippen molar-refractivity contribution in [3.05, 3.63) is 70.8 Å². The van der Waals surface area contributed by atoms with Crippen molar-refractivity contribution in [1.29, 1.82) is 5.26 Å². The molecule has 1 aromatic rings. The Hall–Kier alpha value is -3.53. The second-order valence-electron chi connectivity index (χ2n) is 5.86. The lowest BCUT2D eigenvalue weighted by atomic mass is 9.83. The quantitative estimate of drug-likeness (QED) is 0.466. The molecule has 7 nitrogen and oxygen atoms in total. The number of nitrogens with zero attached hydrogens (tertiary/aromatic N) is 1. The summed E-state index contributed by atoms with van der Waals surface area (Å²) in [4.78, 5) is 24.0. The monoisotopic (exact) mass is 368 g/mol. The molecule has 0 fully saturated rings. The van der Waals surface area contributed by atoms with Gasteiger partial charge >= 0.3 is 11.9 Å². The first-order chi connectivity index (χ1) is 12.9. The maximum absolute atomic E-state index is 12.6. The number of carbonyl (C=O) groups excluding carboxylic acids is 2. The Kier molecular flexibility index (Phi) is 6.39. The summed E-state index contributed by atoms with van der Waals surface area (Å²) >= 11 is 0. The van der Waals surface area contributed by atoms with Crippen molar-refractivity contribution in [2.45, 2.75) is 19.8 Å². The minimum absolute atomic E-state index is 0.0456. The third-order valence-electron chi connectivity index (χ3n) is 3.86. The van der Waals surface area contributed by atoms with Crippen LogP contribution in [0, 0.1) is 11.3 Å². The van der Waals surface area contributed by atoms with E-state index in [1.165, 1.54) is 6.92 Å². The van der Waals surface area contributed by atoms with E-state index in [-0.39, 0.29) is 41.6 Å². The zero-order valence-corrected chi connectivity index (χ0v) is 15.2. The molecule has 0 unspecified atom stereocenters. The molecule has 0 aromatic heterocycles. The zero-order chi connectivity index (χ0) is 20.0. The molecule has 1 aliphatic heterocycles. The SMILES string of the molecule is C=C(C)C(=O)OCCOC(=O)C1=C(C)OC(N)=C(C#N)[C@H]1c1ccccc1. The molecule has 1 aliphatic rings. The molecule has 1 heterocycles. The average molecular weight is 368 g/mol. The summed E-state index contributed by atoms with van der Waals surface area (Å²) in [7, 11) is 0. The minimum Gasteiger partial charge on any atom is -0.459 e. The number of hydrogen-bond acceptors (Lipinski definition) is 7. The van der Waals surface area contributed by atoms with Gasteiger partial charge in [0.15, 0.2) is 0 Å². The molecule has 0 saturated carbocycles. The van der Waals surface area contributed by atoms with Gasteiger partial charge in [0.05, 0.1) is 11.5 Å². The number of rotatable bonds is 6. The van der Waals surface area contributed by atoms with E-state index in [0.717, 1.165) is 0 Å². The van der Waals surface area contributed by atoms with Crippen LogP contribution in [0.3, 0.4) is 0 Å². The Bertz CT molecular complexity index is 862. The van der Waals surface area contributed by atoms with Gasteiger partial charge in [-0.2, -0.15) is 5.26 Å². The van der Waals surface area contributed by atoms with Crippen molar-refractivity contribution in [2.75, 3.05) is 13.2 Å². The molecule has 2 N–H and O–H groups in total. The lowest BCUT2D eigenvalue weighted by Crippen LogP contribution is -2.26. The second-order valence-corrected chi connectivity index (χ2v) is 5.86. The van der Waals surface area contributed by atoms with Crippen LogP contribution in [0.1, 0.15) is 25.3 Å². The predicted molar refractivity (Wildman–Crippen MR) is 96.5 cm³/mol. The van der Waals surface area contributed by atoms with Crippen LogP contribution in [0.2, 0.25) is 0 Å². The molecule has 0 radical (unpaired) electrons. The molecule has 0 amide bonds. The lowest BCUT2D eigenvalue weighted by molar-refractivity contribution is -0.147. The zero-order valence-electron chi connectivity index (χ0n) is 15.2. The van der Waals surface area contributed by atoms with E-state index in [2.05, 4.69) is 6.58 Å². The summed E-state index contributed by atoms with van der Waals surface area (Å²) in [6, 6.07) is 11.0. The molecule has 1 atom stereocenters. The lowest BCUT2D eigenvalue weighted by Gasteiger charge is -2.26. The van der Waals surface area contributed by atoms with Gasteiger partial charge in [-0.3, -0.25) is 0 Å². The molecule has 2 rings (SSSR count). The standard InChI is InChI=1S/C20H20N2O5/c1-12(2)19(23)25-9-10-26-20(24)16-13(3)27-18(22)15(11-21)17(16)14-7-5-4-6-8-14/h4-8,17H,1,9-10,22H2,2-3H3/t17-/m1/s1. The third kappa shape index (κ3) is 4.55. The number of allylic oxidation sites excluding steroid dienone is 2. The van der Waals surface area contributed by atoms with Gasteiger partial charge in [-0.05, 0) is 19.4 Å². The summed E-state index contributed by atoms with van der Waals surface area (Å²) in [5.74, 6) is -1.73. The summed E-state index contributed by atoms with van der Waals surface area (Å²) in [6.45, 7) is 6.32. The molecule has 0 bridgehead atoms. The largest absolute Gasteiger partial charge is 0.459 e. The van der Waals surface area contributed by atoms with E-state index in [4.69, 9.17) is 19.9 Å². The van der Waals surface area contributed by atoms with E-state index in [1.807, 2.05) is 12.1 Å². The van der Waals surface area contributed by atoms with Gasteiger partial charge in [0.2, 0.25) is 5.88 Å². The van der Waals surface area contributed by atoms with E-state index < -0.39 is 17.9 Å². The summed E-state index contributed by atoms with van der Waals surface area (Å²) in [5, 5.41) is 9.50. The van der Waals surface area contributed by atoms with Gasteiger partial charge in [0.25, 0.3) is 0 Å². The first kappa shape index (κ1) is 19.8. The number of benzene rings is 1. The number of carbonyl (C=O) groups is 2. The Balaban J connectivity index is 2.20. The van der Waals surface area contributed by atoms with Crippen LogP contribution in [0.15, 0.2) is 65.3 Å². The van der Waals surface area contributed by atoms with Crippen molar-refractivity contribution >= 4 is 11.9 Å². The summed E-state index contributed by atoms with van der Waals surface area (Å²) in [6.07, 6.45) is 0. The molecular formula is C20H20N2O5. The minimum atomic E-state index is -0.699. The average Bonchev–Trinajstić information content (AvgIpc) is 2.64. The molecule has 0 saturated heterocycles. The molecule has 140 valence electrons. The van der Waals surface area contributed by atoms with Crippen molar-refractivity contribution in [3.63, 3.8) is 0 Å². The Morgan fingerprint density at radius 2 is 1.89 bits per heavy atom. The van der Waals surface area contributed by atoms with Crippen molar-refractivity contribution in [3.8, 4) is 6.07 Å². The van der Waals surface area contributed by atoms with Crippen LogP contribution in [0.4, 0.5) is 0 Å². The number of nitriles is 1. The molecular weight excluding hydrogens is 348 g/mol. The highest BCUT2D eigenvalue weighted by Gasteiger charge is 2.36. The van der Waals surface area contributed by atoms with E-state index in [9.17, 15) is 14.9 Å². The number of esters is 2. The smallest absolute Gasteiger partial charge is 0.338 e. The molecule has 7 heteroatoms. The summed E-state index contributed by atoms with van der Waals surface area (Å²) < 4.78 is 15.5. The van der Waals surface area contributed by atoms with E-state index >= 15 is 0 Å². The van der Waals surface area contributed by atoms with Gasteiger partial charge in [0.1, 0.15) is 30.6 Å². The van der Waals surface area contributed by atoms with E-state index in [1.54, 1.807) is 31.2 Å². The van der Waals surface area contributed by atoms with Crippen LogP contribution in [0.5, 0.6) is 0 Å². The molecule has 0 aliphatic carbocycles. The van der Waals surface area contributed by atoms with Crippen LogP contribution in [-0.4, -0.2) is 25.2 Å². The first-order valence-corrected chi connectivity index (χ1v) is 8.19. The van der Waals surface area contributed by atoms with Crippen LogP contribution in [0.25, 0.3) is 0 Å². The van der Waals surface area contributed by atoms with Crippen molar-refractivity contribution in [1.82, 2.24) is 0 Å². The van der Waals surface area contributed by atoms with Crippen LogP contribution >= 0.6 is 0 Å². The highest BCUT2D eigenvalue weighted by molar-refractivity contribution is 5.92. The fourth-order valence-electron chi connectivity index (χ4n) is 2.59. The first-order valence-electron chi connectivity index (χ1n) is 8.19. The van der Waals surface area contributed by atoms with Crippen molar-refractivity contribution in [2.24, 2.45) is 5.73 Å². The summed E-state index contributed by atoms with van der Waals surface area (Å²) in [5.41, 5.74) is 7.11. The van der Waals surface area contributed by atoms with Gasteiger partial charge < -0.3 is 19.9 Å². The number of hydrogen-bond donors (Lipinski definition) is 1. The molecule has 1 aromatic carbocycles. The second kappa shape index (κ2) is 8.72. The van der Waals surface area contributed by atoms with Crippen LogP contribution < -0.4 is 5.73 Å². The Labute approximate surface area is 157 Å². The fourth-order valence-corrected chi connectivity index (χ4v) is 2.59. The van der Waals surface area contributed by atoms with Crippen molar-refractivity contribution < 1.29 is 23.8 Å². The topological polar surface area (TPSA) is 112 Å². The maximum Gasteiger partial charge on any atom is 0.338 e. The maximum atomic E-state index is 12.6. The third-order valence-corrected chi connectivity index (χ3v) is 3.86. The fraction of sp³-hybridized carbons (Fsp3) is 0.250. The van der Waals surface area contributed by atoms with Gasteiger partial charge in [-0.1, -0.05) is 36.9 Å². The Morgan fingerprint density at radius 1 is 1.26 bits per heavy atom. The molecule has 0 spiro atoms. The van der Waals surface area contributed by atoms with Gasteiger partial charge in [0, 0.05) is 5.57 Å². The van der Waals surface area contributed by atoms with Gasteiger partial charge in [-0.15, -0.1) is 0 Å². The normalized spacial score (nSPS) is 16.3. The Morgan fingerprint density at radius 3 is 2.48 bits per heavy atom. The van der Waals surface area contributed by atoms with Crippen LogP contribution in [-0.2, 0) is 23.8 Å². The highest BCUT2D eigenvalue weighted by Crippen LogP contribution is 2.39. The highest BCUT2D eigenvalue weighted by atomic mass is 16.6. The number of nitrogens with two attached hydrogens (primary N) is 1. The molecule has 27 heavy (non-hydrogen) atoms. The predicted octanol–water partition coefficient (Wildman–Crippen LogP) is 2.43. The van der Waals surface area contributed by atoms with Gasteiger partial charge in [-0.25, -0.2) is 9.59 Å². The van der Waals surface area contributed by atoms with E-state index in [0.29, 0.717) is 5.56 Å². The number of ether oxygens (including phenoxy) is 3.